The summed E-state index contributed by atoms with van der Waals surface area (Å²) >= 11 is 0. The van der Waals surface area contributed by atoms with E-state index in [0.29, 0.717) is 19.7 Å². The van der Waals surface area contributed by atoms with Gasteiger partial charge in [-0.25, -0.2) is 0 Å². The number of ether oxygens (including phenoxy) is 2. The average Bonchev–Trinajstić information content (AvgIpc) is 2.33. The second-order valence-corrected chi connectivity index (χ2v) is 4.01. The fourth-order valence-corrected chi connectivity index (χ4v) is 1.59. The molecule has 0 radical (unpaired) electrons. The highest BCUT2D eigenvalue weighted by Gasteiger charge is 2.02. The highest BCUT2D eigenvalue weighted by molar-refractivity contribution is 5.74. The Labute approximate surface area is 107 Å². The first kappa shape index (κ1) is 14.5. The van der Waals surface area contributed by atoms with Gasteiger partial charge < -0.3 is 20.5 Å². The smallest absolute Gasteiger partial charge is 0.243 e. The van der Waals surface area contributed by atoms with Crippen LogP contribution in [0, 0.1) is 6.92 Å². The van der Waals surface area contributed by atoms with Gasteiger partial charge in [0.1, 0.15) is 12.4 Å². The summed E-state index contributed by atoms with van der Waals surface area (Å²) < 4.78 is 10.3. The predicted octanol–water partition coefficient (Wildman–Crippen LogP) is 0.595. The first-order valence-corrected chi connectivity index (χ1v) is 5.83. The van der Waals surface area contributed by atoms with Crippen LogP contribution in [0.2, 0.25) is 0 Å². The molecule has 0 aliphatic carbocycles. The Balaban J connectivity index is 2.30. The van der Waals surface area contributed by atoms with Gasteiger partial charge in [0.05, 0.1) is 13.7 Å². The predicted molar refractivity (Wildman–Crippen MR) is 69.5 cm³/mol. The number of hydrogen-bond acceptors (Lipinski definition) is 4. The lowest BCUT2D eigenvalue weighted by atomic mass is 10.1. The van der Waals surface area contributed by atoms with Crippen molar-refractivity contribution in [1.82, 2.24) is 5.32 Å². The molecule has 18 heavy (non-hydrogen) atoms. The number of nitrogens with one attached hydrogen (secondary N) is 1. The standard InChI is InChI=1S/C13H20N2O3/c1-10-3-4-12(17-2)11(7-10)8-15-5-6-18-9-13(14)16/h3-4,7,15H,5-6,8-9H2,1-2H3,(H2,14,16). The van der Waals surface area contributed by atoms with Crippen molar-refractivity contribution in [2.45, 2.75) is 13.5 Å². The summed E-state index contributed by atoms with van der Waals surface area (Å²) in [6.07, 6.45) is 0. The molecule has 0 saturated heterocycles. The third-order valence-corrected chi connectivity index (χ3v) is 2.42. The quantitative estimate of drug-likeness (QED) is 0.664. The summed E-state index contributed by atoms with van der Waals surface area (Å²) in [6, 6.07) is 6.05. The number of methoxy groups -OCH3 is 1. The van der Waals surface area contributed by atoms with Crippen LogP contribution in [0.5, 0.6) is 5.75 Å². The second-order valence-electron chi connectivity index (χ2n) is 4.01. The van der Waals surface area contributed by atoms with Gasteiger partial charge in [0, 0.05) is 18.7 Å². The number of aryl methyl sites for hydroxylation is 1. The third-order valence-electron chi connectivity index (χ3n) is 2.42. The van der Waals surface area contributed by atoms with Crippen LogP contribution in [0.25, 0.3) is 0 Å². The van der Waals surface area contributed by atoms with Gasteiger partial charge in [-0.15, -0.1) is 0 Å². The van der Waals surface area contributed by atoms with Crippen molar-refractivity contribution in [2.24, 2.45) is 5.73 Å². The molecule has 1 rings (SSSR count). The van der Waals surface area contributed by atoms with E-state index in [1.54, 1.807) is 7.11 Å². The van der Waals surface area contributed by atoms with E-state index < -0.39 is 5.91 Å². The number of carbonyl (C=O) groups excluding carboxylic acids is 1. The lowest BCUT2D eigenvalue weighted by Crippen LogP contribution is -2.23. The van der Waals surface area contributed by atoms with Gasteiger partial charge in [-0.2, -0.15) is 0 Å². The van der Waals surface area contributed by atoms with Crippen molar-refractivity contribution in [2.75, 3.05) is 26.9 Å². The largest absolute Gasteiger partial charge is 0.496 e. The molecule has 0 atom stereocenters. The Morgan fingerprint density at radius 1 is 1.44 bits per heavy atom. The molecule has 5 heteroatoms. The highest BCUT2D eigenvalue weighted by Crippen LogP contribution is 2.19. The van der Waals surface area contributed by atoms with Crippen molar-refractivity contribution in [3.8, 4) is 5.75 Å². The lowest BCUT2D eigenvalue weighted by molar-refractivity contribution is -0.122. The number of primary amides is 1. The van der Waals surface area contributed by atoms with Crippen LogP contribution in [-0.2, 0) is 16.1 Å². The van der Waals surface area contributed by atoms with Crippen LogP contribution in [-0.4, -0.2) is 32.8 Å². The van der Waals surface area contributed by atoms with Crippen molar-refractivity contribution in [3.63, 3.8) is 0 Å². The maximum absolute atomic E-state index is 10.4. The number of hydrogen-bond donors (Lipinski definition) is 2. The molecule has 5 nitrogen and oxygen atoms in total. The second kappa shape index (κ2) is 7.68. The zero-order valence-corrected chi connectivity index (χ0v) is 10.9. The molecule has 100 valence electrons. The molecule has 0 unspecified atom stereocenters. The summed E-state index contributed by atoms with van der Waals surface area (Å²) in [4.78, 5) is 10.4. The number of carbonyl (C=O) groups is 1. The normalized spacial score (nSPS) is 10.3. The minimum atomic E-state index is -0.449. The molecule has 1 amide bonds. The maximum atomic E-state index is 10.4. The van der Waals surface area contributed by atoms with E-state index in [1.807, 2.05) is 19.1 Å². The zero-order chi connectivity index (χ0) is 13.4. The van der Waals surface area contributed by atoms with Crippen molar-refractivity contribution in [1.29, 1.82) is 0 Å². The van der Waals surface area contributed by atoms with E-state index in [0.717, 1.165) is 11.3 Å². The van der Waals surface area contributed by atoms with Gasteiger partial charge in [-0.05, 0) is 13.0 Å². The first-order chi connectivity index (χ1) is 8.63. The molecule has 0 spiro atoms. The number of nitrogens with two attached hydrogens (primary N) is 1. The van der Waals surface area contributed by atoms with E-state index in [1.165, 1.54) is 5.56 Å². The van der Waals surface area contributed by atoms with Crippen LogP contribution in [0.1, 0.15) is 11.1 Å². The average molecular weight is 252 g/mol. The molecular weight excluding hydrogens is 232 g/mol. The van der Waals surface area contributed by atoms with E-state index in [2.05, 4.69) is 11.4 Å². The molecular formula is C13H20N2O3. The molecule has 0 aliphatic rings. The minimum Gasteiger partial charge on any atom is -0.496 e. The fourth-order valence-electron chi connectivity index (χ4n) is 1.59. The molecule has 0 saturated carbocycles. The number of amides is 1. The molecule has 1 aromatic rings. The molecule has 1 aromatic carbocycles. The number of benzene rings is 1. The van der Waals surface area contributed by atoms with Gasteiger partial charge in [-0.3, -0.25) is 4.79 Å². The van der Waals surface area contributed by atoms with Crippen molar-refractivity contribution >= 4 is 5.91 Å². The van der Waals surface area contributed by atoms with Crippen LogP contribution < -0.4 is 15.8 Å². The molecule has 3 N–H and O–H groups in total. The van der Waals surface area contributed by atoms with E-state index in [4.69, 9.17) is 15.2 Å². The van der Waals surface area contributed by atoms with Gasteiger partial charge >= 0.3 is 0 Å². The first-order valence-electron chi connectivity index (χ1n) is 5.83. The van der Waals surface area contributed by atoms with Crippen molar-refractivity contribution < 1.29 is 14.3 Å². The zero-order valence-electron chi connectivity index (χ0n) is 10.9. The Kier molecular flexibility index (Phi) is 6.18. The van der Waals surface area contributed by atoms with Gasteiger partial charge in [0.25, 0.3) is 0 Å². The summed E-state index contributed by atoms with van der Waals surface area (Å²) in [5.74, 6) is 0.418. The summed E-state index contributed by atoms with van der Waals surface area (Å²) in [6.45, 7) is 3.82. The van der Waals surface area contributed by atoms with E-state index in [9.17, 15) is 4.79 Å². The third kappa shape index (κ3) is 5.16. The minimum absolute atomic E-state index is 0.0323. The molecule has 0 aliphatic heterocycles. The van der Waals surface area contributed by atoms with Gasteiger partial charge in [-0.1, -0.05) is 17.7 Å². The molecule has 0 bridgehead atoms. The van der Waals surface area contributed by atoms with Gasteiger partial charge in [0.15, 0.2) is 0 Å². The van der Waals surface area contributed by atoms with Crippen LogP contribution in [0.3, 0.4) is 0 Å². The fraction of sp³-hybridized carbons (Fsp3) is 0.462. The maximum Gasteiger partial charge on any atom is 0.243 e. The Bertz CT molecular complexity index is 394. The van der Waals surface area contributed by atoms with Crippen LogP contribution >= 0.6 is 0 Å². The summed E-state index contributed by atoms with van der Waals surface area (Å²) in [5, 5.41) is 3.22. The topological polar surface area (TPSA) is 73.6 Å². The van der Waals surface area contributed by atoms with Gasteiger partial charge in [0.2, 0.25) is 5.91 Å². The van der Waals surface area contributed by atoms with Crippen LogP contribution in [0.15, 0.2) is 18.2 Å². The Hall–Kier alpha value is -1.59. The number of rotatable bonds is 8. The van der Waals surface area contributed by atoms with Crippen LogP contribution in [0.4, 0.5) is 0 Å². The SMILES string of the molecule is COc1ccc(C)cc1CNCCOCC(N)=O. The van der Waals surface area contributed by atoms with E-state index >= 15 is 0 Å². The highest BCUT2D eigenvalue weighted by atomic mass is 16.5. The summed E-state index contributed by atoms with van der Waals surface area (Å²) in [5.41, 5.74) is 7.25. The summed E-state index contributed by atoms with van der Waals surface area (Å²) in [7, 11) is 1.66. The Morgan fingerprint density at radius 2 is 2.22 bits per heavy atom. The lowest BCUT2D eigenvalue weighted by Gasteiger charge is -2.10. The molecule has 0 heterocycles. The van der Waals surface area contributed by atoms with Crippen molar-refractivity contribution in [3.05, 3.63) is 29.3 Å². The molecule has 0 fully saturated rings. The van der Waals surface area contributed by atoms with E-state index in [-0.39, 0.29) is 6.61 Å². The Morgan fingerprint density at radius 3 is 2.89 bits per heavy atom. The monoisotopic (exact) mass is 252 g/mol. The molecule has 0 aromatic heterocycles.